The molecule has 2 N–H and O–H groups in total. The Balaban J connectivity index is 1.49. The number of carbonyl (C=O) groups excluding carboxylic acids is 1. The number of benzene rings is 1. The monoisotopic (exact) mass is 375 g/mol. The number of hydrogen-bond acceptors (Lipinski definition) is 6. The molecular weight excluding hydrogens is 354 g/mol. The van der Waals surface area contributed by atoms with Crippen molar-refractivity contribution in [2.45, 2.75) is 6.92 Å². The molecular formula is C18H22ClN5O2. The summed E-state index contributed by atoms with van der Waals surface area (Å²) in [5.74, 6) is 0.325. The van der Waals surface area contributed by atoms with Gasteiger partial charge in [0.05, 0.1) is 13.2 Å². The predicted molar refractivity (Wildman–Crippen MR) is 102 cm³/mol. The van der Waals surface area contributed by atoms with E-state index in [0.717, 1.165) is 45.0 Å². The van der Waals surface area contributed by atoms with Crippen molar-refractivity contribution in [3.8, 4) is 0 Å². The largest absolute Gasteiger partial charge is 0.379 e. The summed E-state index contributed by atoms with van der Waals surface area (Å²) in [4.78, 5) is 14.6. The van der Waals surface area contributed by atoms with Gasteiger partial charge in [-0.05, 0) is 36.8 Å². The summed E-state index contributed by atoms with van der Waals surface area (Å²) in [7, 11) is 0. The van der Waals surface area contributed by atoms with Crippen molar-refractivity contribution in [1.82, 2.24) is 15.1 Å². The molecule has 0 aliphatic carbocycles. The highest BCUT2D eigenvalue weighted by molar-refractivity contribution is 6.31. The Morgan fingerprint density at radius 1 is 1.23 bits per heavy atom. The van der Waals surface area contributed by atoms with Crippen LogP contribution in [-0.2, 0) is 4.74 Å². The highest BCUT2D eigenvalue weighted by Crippen LogP contribution is 2.20. The molecule has 26 heavy (non-hydrogen) atoms. The van der Waals surface area contributed by atoms with Gasteiger partial charge in [0.1, 0.15) is 5.82 Å². The van der Waals surface area contributed by atoms with E-state index in [-0.39, 0.29) is 11.6 Å². The fraction of sp³-hybridized carbons (Fsp3) is 0.389. The van der Waals surface area contributed by atoms with Crippen LogP contribution in [0.15, 0.2) is 30.3 Å². The molecule has 0 atom stereocenters. The van der Waals surface area contributed by atoms with Gasteiger partial charge < -0.3 is 15.4 Å². The van der Waals surface area contributed by atoms with Gasteiger partial charge >= 0.3 is 0 Å². The lowest BCUT2D eigenvalue weighted by Gasteiger charge is -2.26. The number of morpholine rings is 1. The topological polar surface area (TPSA) is 79.4 Å². The molecule has 2 heterocycles. The van der Waals surface area contributed by atoms with Crippen LogP contribution in [0.25, 0.3) is 0 Å². The number of aryl methyl sites for hydroxylation is 1. The predicted octanol–water partition coefficient (Wildman–Crippen LogP) is 2.43. The Labute approximate surface area is 157 Å². The molecule has 7 nitrogen and oxygen atoms in total. The summed E-state index contributed by atoms with van der Waals surface area (Å²) < 4.78 is 5.33. The van der Waals surface area contributed by atoms with Crippen molar-refractivity contribution in [2.75, 3.05) is 50.0 Å². The van der Waals surface area contributed by atoms with Crippen LogP contribution in [0.1, 0.15) is 16.1 Å². The smallest absolute Gasteiger partial charge is 0.276 e. The van der Waals surface area contributed by atoms with Crippen LogP contribution in [0.4, 0.5) is 11.5 Å². The molecule has 8 heteroatoms. The van der Waals surface area contributed by atoms with E-state index in [1.165, 1.54) is 0 Å². The molecule has 2 aromatic rings. The molecule has 0 unspecified atom stereocenters. The van der Waals surface area contributed by atoms with E-state index in [9.17, 15) is 4.79 Å². The van der Waals surface area contributed by atoms with Crippen LogP contribution in [0.3, 0.4) is 0 Å². The summed E-state index contributed by atoms with van der Waals surface area (Å²) in [6.07, 6.45) is 0. The van der Waals surface area contributed by atoms with Crippen molar-refractivity contribution >= 4 is 29.0 Å². The lowest BCUT2D eigenvalue weighted by molar-refractivity contribution is 0.0398. The third kappa shape index (κ3) is 5.14. The van der Waals surface area contributed by atoms with E-state index < -0.39 is 0 Å². The van der Waals surface area contributed by atoms with E-state index in [0.29, 0.717) is 16.5 Å². The molecule has 1 amide bonds. The zero-order chi connectivity index (χ0) is 18.4. The van der Waals surface area contributed by atoms with Crippen molar-refractivity contribution in [3.05, 3.63) is 46.6 Å². The SMILES string of the molecule is Cc1ccc(NC(=O)c2ccc(NCCN3CCOCC3)nn2)cc1Cl. The van der Waals surface area contributed by atoms with Gasteiger partial charge in [-0.15, -0.1) is 10.2 Å². The lowest BCUT2D eigenvalue weighted by atomic mass is 10.2. The second kappa shape index (κ2) is 8.93. The Hall–Kier alpha value is -2.22. The second-order valence-electron chi connectivity index (χ2n) is 6.10. The number of nitrogens with zero attached hydrogens (tertiary/aromatic N) is 3. The fourth-order valence-corrected chi connectivity index (χ4v) is 2.76. The van der Waals surface area contributed by atoms with Crippen LogP contribution in [0, 0.1) is 6.92 Å². The number of aromatic nitrogens is 2. The maximum absolute atomic E-state index is 12.2. The molecule has 1 aliphatic heterocycles. The number of amides is 1. The molecule has 1 aromatic heterocycles. The second-order valence-corrected chi connectivity index (χ2v) is 6.51. The fourth-order valence-electron chi connectivity index (χ4n) is 2.58. The lowest BCUT2D eigenvalue weighted by Crippen LogP contribution is -2.39. The third-order valence-electron chi connectivity index (χ3n) is 4.16. The van der Waals surface area contributed by atoms with E-state index in [1.807, 2.05) is 13.0 Å². The van der Waals surface area contributed by atoms with Gasteiger partial charge in [0.25, 0.3) is 5.91 Å². The number of hydrogen-bond donors (Lipinski definition) is 2. The summed E-state index contributed by atoms with van der Waals surface area (Å²) >= 11 is 6.07. The molecule has 1 aliphatic rings. The quantitative estimate of drug-likeness (QED) is 0.807. The average molecular weight is 376 g/mol. The summed E-state index contributed by atoms with van der Waals surface area (Å²) in [5.41, 5.74) is 1.83. The maximum Gasteiger partial charge on any atom is 0.276 e. The van der Waals surface area contributed by atoms with Crippen LogP contribution < -0.4 is 10.6 Å². The van der Waals surface area contributed by atoms with Gasteiger partial charge in [-0.25, -0.2) is 0 Å². The first-order valence-electron chi connectivity index (χ1n) is 8.57. The van der Waals surface area contributed by atoms with Crippen molar-refractivity contribution in [1.29, 1.82) is 0 Å². The number of rotatable bonds is 6. The third-order valence-corrected chi connectivity index (χ3v) is 4.57. The molecule has 3 rings (SSSR count). The van der Waals surface area contributed by atoms with Gasteiger partial charge in [-0.2, -0.15) is 0 Å². The van der Waals surface area contributed by atoms with Crippen molar-refractivity contribution < 1.29 is 9.53 Å². The van der Waals surface area contributed by atoms with E-state index >= 15 is 0 Å². The van der Waals surface area contributed by atoms with Crippen molar-refractivity contribution in [3.63, 3.8) is 0 Å². The minimum Gasteiger partial charge on any atom is -0.379 e. The molecule has 138 valence electrons. The first-order valence-corrected chi connectivity index (χ1v) is 8.95. The maximum atomic E-state index is 12.2. The highest BCUT2D eigenvalue weighted by atomic mass is 35.5. The van der Waals surface area contributed by atoms with Crippen LogP contribution >= 0.6 is 11.6 Å². The summed E-state index contributed by atoms with van der Waals surface area (Å²) in [6, 6.07) is 8.77. The van der Waals surface area contributed by atoms with Gasteiger partial charge in [-0.1, -0.05) is 17.7 Å². The van der Waals surface area contributed by atoms with Crippen LogP contribution in [-0.4, -0.2) is 60.4 Å². The first kappa shape index (κ1) is 18.6. The number of carbonyl (C=O) groups is 1. The Morgan fingerprint density at radius 2 is 2.04 bits per heavy atom. The normalized spacial score (nSPS) is 14.8. The molecule has 1 fully saturated rings. The van der Waals surface area contributed by atoms with Gasteiger partial charge in [0.2, 0.25) is 0 Å². The van der Waals surface area contributed by atoms with Crippen LogP contribution in [0.5, 0.6) is 0 Å². The molecule has 1 aromatic carbocycles. The number of nitrogens with one attached hydrogen (secondary N) is 2. The highest BCUT2D eigenvalue weighted by Gasteiger charge is 2.11. The zero-order valence-electron chi connectivity index (χ0n) is 14.7. The minimum atomic E-state index is -0.322. The first-order chi connectivity index (χ1) is 12.6. The number of ether oxygens (including phenoxy) is 1. The van der Waals surface area contributed by atoms with Crippen LogP contribution in [0.2, 0.25) is 5.02 Å². The van der Waals surface area contributed by atoms with Gasteiger partial charge in [0.15, 0.2) is 5.69 Å². The Kier molecular flexibility index (Phi) is 6.38. The standard InChI is InChI=1S/C18H22ClN5O2/c1-13-2-3-14(12-15(13)19)21-18(25)16-4-5-17(23-22-16)20-6-7-24-8-10-26-11-9-24/h2-5,12H,6-11H2,1H3,(H,20,23)(H,21,25). The summed E-state index contributed by atoms with van der Waals surface area (Å²) in [6.45, 7) is 7.07. The molecule has 0 spiro atoms. The molecule has 0 saturated carbocycles. The Morgan fingerprint density at radius 3 is 2.73 bits per heavy atom. The number of halogens is 1. The Bertz CT molecular complexity index is 748. The average Bonchev–Trinajstić information content (AvgIpc) is 2.66. The summed E-state index contributed by atoms with van der Waals surface area (Å²) in [5, 5.41) is 14.6. The minimum absolute atomic E-state index is 0.250. The molecule has 1 saturated heterocycles. The van der Waals surface area contributed by atoms with Gasteiger partial charge in [0, 0.05) is 36.9 Å². The van der Waals surface area contributed by atoms with E-state index in [2.05, 4.69) is 25.7 Å². The number of anilines is 2. The van der Waals surface area contributed by atoms with Crippen molar-refractivity contribution in [2.24, 2.45) is 0 Å². The zero-order valence-corrected chi connectivity index (χ0v) is 15.4. The van der Waals surface area contributed by atoms with E-state index in [1.54, 1.807) is 24.3 Å². The van der Waals surface area contributed by atoms with Gasteiger partial charge in [-0.3, -0.25) is 9.69 Å². The van der Waals surface area contributed by atoms with E-state index in [4.69, 9.17) is 16.3 Å². The molecule has 0 bridgehead atoms. The molecule has 0 radical (unpaired) electrons.